The van der Waals surface area contributed by atoms with E-state index in [-0.39, 0.29) is 7.43 Å². The number of allylic oxidation sites excluding steroid dienone is 8. The Morgan fingerprint density at radius 3 is 2.00 bits per heavy atom. The maximum Gasteiger partial charge on any atom is 0.0699 e. The largest absolute Gasteiger partial charge is 0.254 e. The molecule has 31 heavy (non-hydrogen) atoms. The summed E-state index contributed by atoms with van der Waals surface area (Å²) in [7, 11) is 0. The van der Waals surface area contributed by atoms with Crippen LogP contribution in [0.3, 0.4) is 0 Å². The van der Waals surface area contributed by atoms with Crippen LogP contribution in [0.2, 0.25) is 0 Å². The van der Waals surface area contributed by atoms with E-state index in [4.69, 9.17) is 0 Å². The molecule has 1 atom stereocenters. The van der Waals surface area contributed by atoms with E-state index in [0.29, 0.717) is 5.92 Å². The molecule has 1 rings (SSSR count). The molecule has 0 radical (unpaired) electrons. The highest BCUT2D eigenvalue weighted by Gasteiger charge is 2.02. The van der Waals surface area contributed by atoms with Gasteiger partial charge in [0.05, 0.1) is 5.71 Å². The lowest BCUT2D eigenvalue weighted by Gasteiger charge is -2.10. The van der Waals surface area contributed by atoms with Gasteiger partial charge in [-0.2, -0.15) is 0 Å². The molecule has 174 valence electrons. The lowest BCUT2D eigenvalue weighted by atomic mass is 9.96. The predicted molar refractivity (Wildman–Crippen MR) is 147 cm³/mol. The molecule has 1 nitrogen and oxygen atoms in total. The van der Waals surface area contributed by atoms with Gasteiger partial charge in [0, 0.05) is 11.3 Å². The molecular formula is C30H49N. The zero-order chi connectivity index (χ0) is 23.4. The maximum absolute atomic E-state index is 4.50. The molecule has 1 aromatic rings. The summed E-state index contributed by atoms with van der Waals surface area (Å²) < 4.78 is 0. The highest BCUT2D eigenvalue weighted by molar-refractivity contribution is 6.08. The summed E-state index contributed by atoms with van der Waals surface area (Å²) in [4.78, 5) is 4.50. The molecule has 0 fully saturated rings. The van der Waals surface area contributed by atoms with Gasteiger partial charge in [-0.15, -0.1) is 0 Å². The van der Waals surface area contributed by atoms with E-state index in [1.165, 1.54) is 24.0 Å². The molecule has 0 bridgehead atoms. The highest BCUT2D eigenvalue weighted by Crippen LogP contribution is 2.17. The van der Waals surface area contributed by atoms with Gasteiger partial charge < -0.3 is 0 Å². The second-order valence-electron chi connectivity index (χ2n) is 6.75. The maximum atomic E-state index is 4.50. The Morgan fingerprint density at radius 1 is 1.03 bits per heavy atom. The minimum absolute atomic E-state index is 0. The van der Waals surface area contributed by atoms with Crippen molar-refractivity contribution in [2.24, 2.45) is 10.9 Å². The first-order valence-corrected chi connectivity index (χ1v) is 11.4. The Kier molecular flexibility index (Phi) is 23.9. The van der Waals surface area contributed by atoms with Gasteiger partial charge in [0.15, 0.2) is 0 Å². The highest BCUT2D eigenvalue weighted by atomic mass is 14.7. The molecule has 0 aromatic heterocycles. The van der Waals surface area contributed by atoms with Crippen molar-refractivity contribution in [2.45, 2.75) is 82.1 Å². The Hall–Kier alpha value is -2.41. The fraction of sp³-hybridized carbons (Fsp3) is 0.433. The number of aryl methyl sites for hydroxylation is 1. The fourth-order valence-electron chi connectivity index (χ4n) is 2.72. The van der Waals surface area contributed by atoms with Crippen molar-refractivity contribution in [3.8, 4) is 0 Å². The van der Waals surface area contributed by atoms with E-state index < -0.39 is 0 Å². The third-order valence-corrected chi connectivity index (χ3v) is 4.61. The first-order chi connectivity index (χ1) is 14.5. The van der Waals surface area contributed by atoms with Crippen molar-refractivity contribution < 1.29 is 0 Å². The molecule has 1 unspecified atom stereocenters. The number of hydrogen-bond donors (Lipinski definition) is 0. The topological polar surface area (TPSA) is 12.4 Å². The van der Waals surface area contributed by atoms with Crippen LogP contribution in [0.4, 0.5) is 0 Å². The normalized spacial score (nSPS) is 12.6. The van der Waals surface area contributed by atoms with Gasteiger partial charge in [0.2, 0.25) is 0 Å². The molecule has 0 aliphatic carbocycles. The van der Waals surface area contributed by atoms with E-state index in [9.17, 15) is 0 Å². The molecular weight excluding hydrogens is 374 g/mol. The summed E-state index contributed by atoms with van der Waals surface area (Å²) in [6, 6.07) is 8.48. The van der Waals surface area contributed by atoms with Crippen molar-refractivity contribution in [3.63, 3.8) is 0 Å². The Labute approximate surface area is 195 Å². The number of hydrogen-bond acceptors (Lipinski definition) is 1. The van der Waals surface area contributed by atoms with E-state index in [2.05, 4.69) is 82.3 Å². The minimum Gasteiger partial charge on any atom is -0.254 e. The van der Waals surface area contributed by atoms with Crippen molar-refractivity contribution >= 4 is 5.71 Å². The average Bonchev–Trinajstić information content (AvgIpc) is 2.79. The van der Waals surface area contributed by atoms with Gasteiger partial charge in [-0.05, 0) is 56.7 Å². The van der Waals surface area contributed by atoms with Crippen LogP contribution in [0.5, 0.6) is 0 Å². The number of benzene rings is 1. The lowest BCUT2D eigenvalue weighted by Crippen LogP contribution is -1.97. The van der Waals surface area contributed by atoms with Crippen LogP contribution < -0.4 is 0 Å². The molecule has 0 spiro atoms. The first kappa shape index (κ1) is 33.2. The molecule has 0 heterocycles. The molecule has 0 saturated carbocycles. The molecule has 0 aliphatic heterocycles. The lowest BCUT2D eigenvalue weighted by molar-refractivity contribution is 0.612. The van der Waals surface area contributed by atoms with Gasteiger partial charge in [0.25, 0.3) is 0 Å². The summed E-state index contributed by atoms with van der Waals surface area (Å²) in [5.74, 6) is 0.677. The Balaban J connectivity index is -0.000000470. The summed E-state index contributed by atoms with van der Waals surface area (Å²) in [6.45, 7) is 24.2. The van der Waals surface area contributed by atoms with Gasteiger partial charge in [-0.1, -0.05) is 116 Å². The smallest absolute Gasteiger partial charge is 0.0699 e. The number of rotatable bonds is 9. The summed E-state index contributed by atoms with van der Waals surface area (Å²) >= 11 is 0. The van der Waals surface area contributed by atoms with Crippen molar-refractivity contribution in [1.82, 2.24) is 0 Å². The van der Waals surface area contributed by atoms with E-state index >= 15 is 0 Å². The molecule has 0 aliphatic rings. The number of nitrogens with zero attached hydrogens (tertiary/aromatic N) is 1. The Morgan fingerprint density at radius 2 is 1.61 bits per heavy atom. The quantitative estimate of drug-likeness (QED) is 0.277. The summed E-state index contributed by atoms with van der Waals surface area (Å²) in [6.07, 6.45) is 15.5. The predicted octanol–water partition coefficient (Wildman–Crippen LogP) is 9.92. The first-order valence-electron chi connectivity index (χ1n) is 11.4. The Bertz CT molecular complexity index is 696. The number of aliphatic imine (C=N–C) groups is 1. The van der Waals surface area contributed by atoms with E-state index in [0.717, 1.165) is 23.4 Å². The second kappa shape index (κ2) is 22.3. The van der Waals surface area contributed by atoms with Crippen molar-refractivity contribution in [1.29, 1.82) is 0 Å². The van der Waals surface area contributed by atoms with Crippen LogP contribution in [0.25, 0.3) is 0 Å². The third-order valence-electron chi connectivity index (χ3n) is 4.61. The van der Waals surface area contributed by atoms with E-state index in [1.807, 2.05) is 45.9 Å². The van der Waals surface area contributed by atoms with E-state index in [1.54, 1.807) is 6.08 Å². The summed E-state index contributed by atoms with van der Waals surface area (Å²) in [5.41, 5.74) is 5.81. The standard InChI is InChI=1S/C15H19N.C12H20.C2H6.CH4/c1-5-12(4)16-15(7-3)14-10-8-13(6-2)9-11-14;1-5-8-10-12(7-3)11(4)9-6-2;1-2;/h5,7-11H,3,6H2,1-2,4H3;5,7-8,10-11H,1,6,9H2,2-4H3;1-2H3;1H4/b12-5-,16-15?;10-8-,12-7+;;. The van der Waals surface area contributed by atoms with Crippen LogP contribution in [0, 0.1) is 5.92 Å². The van der Waals surface area contributed by atoms with Crippen molar-refractivity contribution in [2.75, 3.05) is 0 Å². The molecule has 0 amide bonds. The zero-order valence-corrected chi connectivity index (χ0v) is 20.8. The minimum atomic E-state index is 0. The third kappa shape index (κ3) is 15.1. The van der Waals surface area contributed by atoms with Gasteiger partial charge >= 0.3 is 0 Å². The van der Waals surface area contributed by atoms with Gasteiger partial charge in [-0.3, -0.25) is 4.99 Å². The van der Waals surface area contributed by atoms with Crippen LogP contribution in [-0.4, -0.2) is 5.71 Å². The zero-order valence-electron chi connectivity index (χ0n) is 20.8. The molecule has 0 saturated heterocycles. The average molecular weight is 424 g/mol. The molecule has 1 heteroatoms. The molecule has 1 aromatic carbocycles. The fourth-order valence-corrected chi connectivity index (χ4v) is 2.72. The van der Waals surface area contributed by atoms with Gasteiger partial charge in [0.1, 0.15) is 0 Å². The van der Waals surface area contributed by atoms with Crippen LogP contribution in [-0.2, 0) is 6.42 Å². The second-order valence-corrected chi connectivity index (χ2v) is 6.75. The monoisotopic (exact) mass is 423 g/mol. The van der Waals surface area contributed by atoms with Gasteiger partial charge in [-0.25, -0.2) is 0 Å². The summed E-state index contributed by atoms with van der Waals surface area (Å²) in [5, 5.41) is 0. The van der Waals surface area contributed by atoms with Crippen LogP contribution in [0.1, 0.15) is 86.8 Å². The van der Waals surface area contributed by atoms with Crippen LogP contribution in [0.15, 0.2) is 90.1 Å². The van der Waals surface area contributed by atoms with Crippen LogP contribution >= 0.6 is 0 Å². The molecule has 0 N–H and O–H groups in total. The van der Waals surface area contributed by atoms with Crippen molar-refractivity contribution in [3.05, 3.63) is 96.3 Å². The SMILES string of the molecule is C.C=C/C=C\C(=C/C)C(C)CCC.C=CC(=N/C(C)=C\C)c1ccc(CC)cc1.CC.